The van der Waals surface area contributed by atoms with Gasteiger partial charge in [-0.05, 0) is 26.2 Å². The molecule has 0 saturated carbocycles. The van der Waals surface area contributed by atoms with Gasteiger partial charge in [0.05, 0.1) is 12.7 Å². The van der Waals surface area contributed by atoms with Crippen LogP contribution in [0, 0.1) is 0 Å². The van der Waals surface area contributed by atoms with Crippen molar-refractivity contribution in [2.45, 2.75) is 38.3 Å². The van der Waals surface area contributed by atoms with E-state index in [0.29, 0.717) is 25.2 Å². The number of aliphatic imine (C=N–C) groups is 1. The van der Waals surface area contributed by atoms with Gasteiger partial charge in [0.2, 0.25) is 0 Å². The largest absolute Gasteiger partial charge is 0.383 e. The first-order valence-electron chi connectivity index (χ1n) is 6.97. The highest BCUT2D eigenvalue weighted by molar-refractivity contribution is 14.0. The van der Waals surface area contributed by atoms with Crippen LogP contribution in [0.3, 0.4) is 0 Å². The van der Waals surface area contributed by atoms with Crippen LogP contribution in [-0.2, 0) is 14.2 Å². The molecule has 1 aliphatic heterocycles. The first kappa shape index (κ1) is 19.9. The van der Waals surface area contributed by atoms with Gasteiger partial charge in [-0.1, -0.05) is 0 Å². The molecule has 0 aromatic rings. The van der Waals surface area contributed by atoms with Gasteiger partial charge in [-0.2, -0.15) is 0 Å². The lowest BCUT2D eigenvalue weighted by atomic mass is 10.1. The molecule has 0 bridgehead atoms. The van der Waals surface area contributed by atoms with Crippen molar-refractivity contribution >= 4 is 29.9 Å². The van der Waals surface area contributed by atoms with Crippen molar-refractivity contribution in [3.8, 4) is 0 Å². The average Bonchev–Trinajstić information content (AvgIpc) is 2.39. The molecular formula is C13H28IN3O3. The number of hydrogen-bond acceptors (Lipinski definition) is 4. The molecule has 120 valence electrons. The normalized spacial score (nSPS) is 18.4. The van der Waals surface area contributed by atoms with E-state index in [1.807, 2.05) is 6.92 Å². The summed E-state index contributed by atoms with van der Waals surface area (Å²) in [4.78, 5) is 4.25. The molecule has 0 aromatic heterocycles. The maximum Gasteiger partial charge on any atom is 0.188 e. The first-order valence-corrected chi connectivity index (χ1v) is 6.97. The molecule has 20 heavy (non-hydrogen) atoms. The van der Waals surface area contributed by atoms with Crippen LogP contribution in [0.2, 0.25) is 0 Å². The minimum absolute atomic E-state index is 0. The topological polar surface area (TPSA) is 78.1 Å². The molecule has 1 atom stereocenters. The third-order valence-corrected chi connectivity index (χ3v) is 2.92. The van der Waals surface area contributed by atoms with Crippen molar-refractivity contribution < 1.29 is 14.2 Å². The number of hydrogen-bond donors (Lipinski definition) is 2. The summed E-state index contributed by atoms with van der Waals surface area (Å²) in [6, 6.07) is 0.173. The second kappa shape index (κ2) is 12.6. The lowest BCUT2D eigenvalue weighted by Gasteiger charge is -2.22. The minimum atomic E-state index is 0. The lowest BCUT2D eigenvalue weighted by Crippen LogP contribution is -2.40. The predicted molar refractivity (Wildman–Crippen MR) is 90.8 cm³/mol. The van der Waals surface area contributed by atoms with Crippen LogP contribution in [0.25, 0.3) is 0 Å². The minimum Gasteiger partial charge on any atom is -0.383 e. The van der Waals surface area contributed by atoms with Crippen LogP contribution in [0.4, 0.5) is 0 Å². The van der Waals surface area contributed by atoms with E-state index < -0.39 is 0 Å². The summed E-state index contributed by atoms with van der Waals surface area (Å²) in [6.07, 6.45) is 3.25. The van der Waals surface area contributed by atoms with Gasteiger partial charge in [-0.15, -0.1) is 24.0 Å². The highest BCUT2D eigenvalue weighted by atomic mass is 127. The van der Waals surface area contributed by atoms with E-state index >= 15 is 0 Å². The number of nitrogens with zero attached hydrogens (tertiary/aromatic N) is 1. The standard InChI is InChI=1S/C13H27N3O3.HI/c1-11(10-17-2)16-13(14)15-6-3-7-19-12-4-8-18-9-5-12;/h11-12H,3-10H2,1-2H3,(H3,14,15,16);1H. The van der Waals surface area contributed by atoms with Gasteiger partial charge in [-0.25, -0.2) is 0 Å². The van der Waals surface area contributed by atoms with E-state index in [0.717, 1.165) is 39.1 Å². The molecule has 3 N–H and O–H groups in total. The zero-order valence-corrected chi connectivity index (χ0v) is 14.8. The molecule has 1 fully saturated rings. The Balaban J connectivity index is 0.00000361. The number of nitrogens with two attached hydrogens (primary N) is 1. The smallest absolute Gasteiger partial charge is 0.188 e. The van der Waals surface area contributed by atoms with Crippen molar-refractivity contribution in [1.29, 1.82) is 0 Å². The summed E-state index contributed by atoms with van der Waals surface area (Å²) in [5, 5.41) is 3.07. The van der Waals surface area contributed by atoms with Crippen LogP contribution in [0.15, 0.2) is 4.99 Å². The number of methoxy groups -OCH3 is 1. The van der Waals surface area contributed by atoms with Crippen molar-refractivity contribution in [2.75, 3.05) is 40.1 Å². The number of halogens is 1. The molecule has 0 aromatic carbocycles. The monoisotopic (exact) mass is 401 g/mol. The average molecular weight is 401 g/mol. The second-order valence-corrected chi connectivity index (χ2v) is 4.80. The molecule has 0 aliphatic carbocycles. The van der Waals surface area contributed by atoms with Gasteiger partial charge in [0.15, 0.2) is 5.96 Å². The lowest BCUT2D eigenvalue weighted by molar-refractivity contribution is -0.0318. The van der Waals surface area contributed by atoms with E-state index in [1.165, 1.54) is 0 Å². The Labute approximate surface area is 138 Å². The fourth-order valence-electron chi connectivity index (χ4n) is 1.95. The SMILES string of the molecule is COCC(C)NC(N)=NCCCOC1CCOCC1.I. The number of ether oxygens (including phenoxy) is 3. The van der Waals surface area contributed by atoms with E-state index in [1.54, 1.807) is 7.11 Å². The molecule has 0 amide bonds. The van der Waals surface area contributed by atoms with Gasteiger partial charge in [0.1, 0.15) is 0 Å². The summed E-state index contributed by atoms with van der Waals surface area (Å²) >= 11 is 0. The Bertz CT molecular complexity index is 261. The van der Waals surface area contributed by atoms with Gasteiger partial charge >= 0.3 is 0 Å². The van der Waals surface area contributed by atoms with Gasteiger partial charge in [0.25, 0.3) is 0 Å². The molecule has 7 heteroatoms. The molecule has 1 unspecified atom stereocenters. The molecule has 1 heterocycles. The molecule has 1 rings (SSSR count). The first-order chi connectivity index (χ1) is 9.22. The predicted octanol–water partition coefficient (Wildman–Crippen LogP) is 1.13. The molecule has 0 spiro atoms. The number of rotatable bonds is 8. The summed E-state index contributed by atoms with van der Waals surface area (Å²) in [6.45, 7) is 5.66. The van der Waals surface area contributed by atoms with Gasteiger partial charge in [0, 0.05) is 39.5 Å². The van der Waals surface area contributed by atoms with Crippen LogP contribution in [-0.4, -0.2) is 58.2 Å². The highest BCUT2D eigenvalue weighted by Gasteiger charge is 2.13. The van der Waals surface area contributed by atoms with Crippen LogP contribution in [0.5, 0.6) is 0 Å². The van der Waals surface area contributed by atoms with Crippen molar-refractivity contribution in [1.82, 2.24) is 5.32 Å². The summed E-state index contributed by atoms with van der Waals surface area (Å²) in [5.74, 6) is 0.468. The van der Waals surface area contributed by atoms with Gasteiger partial charge < -0.3 is 25.3 Å². The fourth-order valence-corrected chi connectivity index (χ4v) is 1.95. The maximum absolute atomic E-state index is 5.76. The Morgan fingerprint density at radius 3 is 2.80 bits per heavy atom. The van der Waals surface area contributed by atoms with Crippen LogP contribution in [0.1, 0.15) is 26.2 Å². The Morgan fingerprint density at radius 1 is 1.45 bits per heavy atom. The third kappa shape index (κ3) is 9.73. The zero-order chi connectivity index (χ0) is 13.9. The summed E-state index contributed by atoms with van der Waals surface area (Å²) < 4.78 is 16.0. The molecule has 0 radical (unpaired) electrons. The van der Waals surface area contributed by atoms with E-state index in [-0.39, 0.29) is 30.0 Å². The Kier molecular flexibility index (Phi) is 12.5. The quantitative estimate of drug-likeness (QED) is 0.276. The third-order valence-electron chi connectivity index (χ3n) is 2.92. The molecule has 1 saturated heterocycles. The van der Waals surface area contributed by atoms with Crippen molar-refractivity contribution in [3.63, 3.8) is 0 Å². The summed E-state index contributed by atoms with van der Waals surface area (Å²) in [7, 11) is 1.67. The van der Waals surface area contributed by atoms with E-state index in [9.17, 15) is 0 Å². The summed E-state index contributed by atoms with van der Waals surface area (Å²) in [5.41, 5.74) is 5.76. The van der Waals surface area contributed by atoms with E-state index in [2.05, 4.69) is 10.3 Å². The van der Waals surface area contributed by atoms with E-state index in [4.69, 9.17) is 19.9 Å². The Hall–Kier alpha value is -0.120. The van der Waals surface area contributed by atoms with Gasteiger partial charge in [-0.3, -0.25) is 4.99 Å². The van der Waals surface area contributed by atoms with Crippen molar-refractivity contribution in [3.05, 3.63) is 0 Å². The molecule has 1 aliphatic rings. The molecule has 6 nitrogen and oxygen atoms in total. The Morgan fingerprint density at radius 2 is 2.15 bits per heavy atom. The number of guanidine groups is 1. The van der Waals surface area contributed by atoms with Crippen LogP contribution < -0.4 is 11.1 Å². The van der Waals surface area contributed by atoms with Crippen LogP contribution >= 0.6 is 24.0 Å². The number of nitrogens with one attached hydrogen (secondary N) is 1. The fraction of sp³-hybridized carbons (Fsp3) is 0.923. The van der Waals surface area contributed by atoms with Crippen molar-refractivity contribution in [2.24, 2.45) is 10.7 Å². The second-order valence-electron chi connectivity index (χ2n) is 4.80. The zero-order valence-electron chi connectivity index (χ0n) is 12.5. The maximum atomic E-state index is 5.76. The highest BCUT2D eigenvalue weighted by Crippen LogP contribution is 2.10. The molecular weight excluding hydrogens is 373 g/mol.